The van der Waals surface area contributed by atoms with Crippen molar-refractivity contribution in [1.82, 2.24) is 15.1 Å². The third-order valence-electron chi connectivity index (χ3n) is 3.07. The predicted octanol–water partition coefficient (Wildman–Crippen LogP) is 1.43. The van der Waals surface area contributed by atoms with E-state index >= 15 is 0 Å². The zero-order valence-electron chi connectivity index (χ0n) is 9.32. The fraction of sp³-hybridized carbons (Fsp3) is 0.727. The molecule has 5 heteroatoms. The van der Waals surface area contributed by atoms with Gasteiger partial charge in [0.25, 0.3) is 0 Å². The van der Waals surface area contributed by atoms with Crippen LogP contribution in [-0.2, 0) is 11.3 Å². The largest absolute Gasteiger partial charge is 0.380 e. The van der Waals surface area contributed by atoms with Crippen LogP contribution in [0.2, 0.25) is 0 Å². The van der Waals surface area contributed by atoms with E-state index in [-0.39, 0.29) is 0 Å². The summed E-state index contributed by atoms with van der Waals surface area (Å²) in [7, 11) is 0. The standard InChI is InChI=1S/C11H17N3OS/c1-4-14-11(16-7-1)8-10(13-14)9-2-5-15-6-3-12-9/h8-9,12H,1-7H2. The minimum atomic E-state index is 0.376. The molecule has 1 fully saturated rings. The Bertz CT molecular complexity index is 335. The number of hydrogen-bond acceptors (Lipinski definition) is 4. The third-order valence-corrected chi connectivity index (χ3v) is 4.19. The highest BCUT2D eigenvalue weighted by atomic mass is 32.2. The van der Waals surface area contributed by atoms with Gasteiger partial charge in [-0.15, -0.1) is 11.8 Å². The average Bonchev–Trinajstić information content (AvgIpc) is 2.56. The molecule has 3 heterocycles. The zero-order chi connectivity index (χ0) is 10.8. The van der Waals surface area contributed by atoms with Gasteiger partial charge in [-0.25, -0.2) is 0 Å². The van der Waals surface area contributed by atoms with E-state index in [2.05, 4.69) is 16.1 Å². The van der Waals surface area contributed by atoms with E-state index in [1.807, 2.05) is 11.8 Å². The molecule has 3 rings (SSSR count). The molecule has 0 aromatic carbocycles. The maximum atomic E-state index is 5.45. The summed E-state index contributed by atoms with van der Waals surface area (Å²) in [5, 5.41) is 9.52. The average molecular weight is 239 g/mol. The minimum absolute atomic E-state index is 0.376. The summed E-state index contributed by atoms with van der Waals surface area (Å²) in [5.41, 5.74) is 1.19. The summed E-state index contributed by atoms with van der Waals surface area (Å²) in [4.78, 5) is 0. The van der Waals surface area contributed by atoms with Crippen LogP contribution in [0.5, 0.6) is 0 Å². The molecule has 16 heavy (non-hydrogen) atoms. The molecule has 1 saturated heterocycles. The molecule has 0 spiro atoms. The van der Waals surface area contributed by atoms with Gasteiger partial charge in [0, 0.05) is 25.4 Å². The van der Waals surface area contributed by atoms with Crippen molar-refractivity contribution in [2.45, 2.75) is 30.5 Å². The van der Waals surface area contributed by atoms with E-state index in [9.17, 15) is 0 Å². The van der Waals surface area contributed by atoms with Gasteiger partial charge < -0.3 is 10.1 Å². The summed E-state index contributed by atoms with van der Waals surface area (Å²) in [5.74, 6) is 1.23. The highest BCUT2D eigenvalue weighted by Crippen LogP contribution is 2.28. The summed E-state index contributed by atoms with van der Waals surface area (Å²) in [6.45, 7) is 3.66. The molecule has 1 atom stereocenters. The number of ether oxygens (including phenoxy) is 1. The number of aromatic nitrogens is 2. The van der Waals surface area contributed by atoms with Gasteiger partial charge in [0.2, 0.25) is 0 Å². The maximum absolute atomic E-state index is 5.45. The summed E-state index contributed by atoms with van der Waals surface area (Å²) in [6.07, 6.45) is 2.26. The van der Waals surface area contributed by atoms with Crippen LogP contribution in [0.15, 0.2) is 11.1 Å². The van der Waals surface area contributed by atoms with E-state index in [1.165, 1.54) is 22.9 Å². The third kappa shape index (κ3) is 2.12. The highest BCUT2D eigenvalue weighted by molar-refractivity contribution is 7.99. The van der Waals surface area contributed by atoms with Gasteiger partial charge in [0.15, 0.2) is 0 Å². The molecule has 1 N–H and O–H groups in total. The molecule has 0 amide bonds. The van der Waals surface area contributed by atoms with Crippen molar-refractivity contribution in [2.24, 2.45) is 0 Å². The lowest BCUT2D eigenvalue weighted by atomic mass is 10.1. The van der Waals surface area contributed by atoms with E-state index in [0.717, 1.165) is 32.7 Å². The molecule has 1 aromatic rings. The topological polar surface area (TPSA) is 39.1 Å². The Morgan fingerprint density at radius 3 is 3.44 bits per heavy atom. The van der Waals surface area contributed by atoms with Crippen LogP contribution in [-0.4, -0.2) is 35.3 Å². The Kier molecular flexibility index (Phi) is 3.17. The van der Waals surface area contributed by atoms with Crippen LogP contribution in [0.4, 0.5) is 0 Å². The first-order valence-electron chi connectivity index (χ1n) is 5.95. The Morgan fingerprint density at radius 1 is 1.50 bits per heavy atom. The second kappa shape index (κ2) is 4.77. The Labute approximate surface area is 99.7 Å². The van der Waals surface area contributed by atoms with E-state index in [4.69, 9.17) is 9.84 Å². The lowest BCUT2D eigenvalue weighted by molar-refractivity contribution is 0.149. The fourth-order valence-electron chi connectivity index (χ4n) is 2.22. The van der Waals surface area contributed by atoms with E-state index in [0.29, 0.717) is 6.04 Å². The number of fused-ring (bicyclic) bond motifs is 1. The first kappa shape index (κ1) is 10.6. The minimum Gasteiger partial charge on any atom is -0.380 e. The molecule has 2 aliphatic heterocycles. The lowest BCUT2D eigenvalue weighted by Gasteiger charge is -2.12. The van der Waals surface area contributed by atoms with E-state index in [1.54, 1.807) is 0 Å². The molecule has 0 saturated carbocycles. The molecule has 4 nitrogen and oxygen atoms in total. The quantitative estimate of drug-likeness (QED) is 0.804. The van der Waals surface area contributed by atoms with Crippen LogP contribution < -0.4 is 5.32 Å². The molecular weight excluding hydrogens is 222 g/mol. The molecule has 88 valence electrons. The van der Waals surface area contributed by atoms with Crippen molar-refractivity contribution in [2.75, 3.05) is 25.5 Å². The maximum Gasteiger partial charge on any atom is 0.0943 e. The smallest absolute Gasteiger partial charge is 0.0943 e. The predicted molar refractivity (Wildman–Crippen MR) is 63.7 cm³/mol. The highest BCUT2D eigenvalue weighted by Gasteiger charge is 2.20. The first-order valence-corrected chi connectivity index (χ1v) is 6.94. The van der Waals surface area contributed by atoms with Crippen LogP contribution in [0.3, 0.4) is 0 Å². The van der Waals surface area contributed by atoms with Crippen LogP contribution in [0.1, 0.15) is 24.6 Å². The molecule has 2 aliphatic rings. The van der Waals surface area contributed by atoms with Crippen molar-refractivity contribution in [1.29, 1.82) is 0 Å². The van der Waals surface area contributed by atoms with Gasteiger partial charge >= 0.3 is 0 Å². The van der Waals surface area contributed by atoms with Crippen LogP contribution >= 0.6 is 11.8 Å². The van der Waals surface area contributed by atoms with Gasteiger partial charge in [-0.2, -0.15) is 5.10 Å². The van der Waals surface area contributed by atoms with Crippen molar-refractivity contribution in [3.05, 3.63) is 11.8 Å². The van der Waals surface area contributed by atoms with Gasteiger partial charge in [0.05, 0.1) is 23.4 Å². The molecule has 0 aliphatic carbocycles. The monoisotopic (exact) mass is 239 g/mol. The summed E-state index contributed by atoms with van der Waals surface area (Å²) in [6, 6.07) is 2.62. The molecule has 0 radical (unpaired) electrons. The van der Waals surface area contributed by atoms with Gasteiger partial charge in [-0.1, -0.05) is 0 Å². The number of rotatable bonds is 1. The van der Waals surface area contributed by atoms with Crippen LogP contribution in [0, 0.1) is 0 Å². The van der Waals surface area contributed by atoms with Gasteiger partial charge in [0.1, 0.15) is 0 Å². The Morgan fingerprint density at radius 2 is 2.50 bits per heavy atom. The van der Waals surface area contributed by atoms with Crippen molar-refractivity contribution >= 4 is 11.8 Å². The number of hydrogen-bond donors (Lipinski definition) is 1. The number of thioether (sulfide) groups is 1. The Balaban J connectivity index is 1.79. The SMILES string of the molecule is c1c(C2CCOCCN2)nn2c1SCCC2. The molecular formula is C11H17N3OS. The molecule has 1 aromatic heterocycles. The fourth-order valence-corrected chi connectivity index (χ4v) is 3.19. The number of nitrogens with zero attached hydrogens (tertiary/aromatic N) is 2. The molecule has 0 bridgehead atoms. The summed E-state index contributed by atoms with van der Waals surface area (Å²) >= 11 is 1.92. The van der Waals surface area contributed by atoms with Crippen LogP contribution in [0.25, 0.3) is 0 Å². The Hall–Kier alpha value is -0.520. The number of aryl methyl sites for hydroxylation is 1. The van der Waals surface area contributed by atoms with Gasteiger partial charge in [-0.3, -0.25) is 4.68 Å². The van der Waals surface area contributed by atoms with Crippen molar-refractivity contribution in [3.8, 4) is 0 Å². The summed E-state index contributed by atoms with van der Waals surface area (Å²) < 4.78 is 7.60. The van der Waals surface area contributed by atoms with Crippen molar-refractivity contribution in [3.63, 3.8) is 0 Å². The second-order valence-corrected chi connectivity index (χ2v) is 5.36. The lowest BCUT2D eigenvalue weighted by Crippen LogP contribution is -2.22. The van der Waals surface area contributed by atoms with Crippen molar-refractivity contribution < 1.29 is 4.74 Å². The second-order valence-electron chi connectivity index (χ2n) is 4.24. The zero-order valence-corrected chi connectivity index (χ0v) is 10.1. The van der Waals surface area contributed by atoms with Gasteiger partial charge in [-0.05, 0) is 18.9 Å². The normalized spacial score (nSPS) is 26.1. The van der Waals surface area contributed by atoms with E-state index < -0.39 is 0 Å². The first-order chi connectivity index (χ1) is 7.93. The molecule has 1 unspecified atom stereocenters. The number of nitrogens with one attached hydrogen (secondary N) is 1.